The van der Waals surface area contributed by atoms with Crippen LogP contribution in [-0.2, 0) is 9.53 Å². The molecule has 0 radical (unpaired) electrons. The van der Waals surface area contributed by atoms with Gasteiger partial charge in [0.25, 0.3) is 11.8 Å². The standard InChI is InChI=1S/C25H23ClN2O4/c1-17-2-4-19(5-3-17)24(29)27-22(25(30)28-12-14-31-15-13-28)16-21-10-11-23(32-21)18-6-8-20(26)9-7-18/h2-11,16H,12-15H2,1H3,(H,27,29). The first-order chi connectivity index (χ1) is 15.5. The average molecular weight is 451 g/mol. The molecule has 1 aliphatic rings. The number of nitrogens with one attached hydrogen (secondary N) is 1. The molecule has 2 aromatic carbocycles. The maximum atomic E-state index is 13.2. The van der Waals surface area contributed by atoms with E-state index in [0.29, 0.717) is 48.4 Å². The summed E-state index contributed by atoms with van der Waals surface area (Å²) in [5.41, 5.74) is 2.53. The number of carbonyl (C=O) groups is 2. The van der Waals surface area contributed by atoms with E-state index in [0.717, 1.165) is 11.1 Å². The van der Waals surface area contributed by atoms with Crippen LogP contribution >= 0.6 is 11.6 Å². The van der Waals surface area contributed by atoms with Gasteiger partial charge in [-0.2, -0.15) is 0 Å². The average Bonchev–Trinajstić information content (AvgIpc) is 3.28. The number of hydrogen-bond acceptors (Lipinski definition) is 4. The Bertz CT molecular complexity index is 1130. The molecule has 0 bridgehead atoms. The molecule has 0 spiro atoms. The lowest BCUT2D eigenvalue weighted by Gasteiger charge is -2.27. The van der Waals surface area contributed by atoms with Crippen molar-refractivity contribution in [2.75, 3.05) is 26.3 Å². The Kier molecular flexibility index (Phi) is 6.73. The van der Waals surface area contributed by atoms with Crippen molar-refractivity contribution < 1.29 is 18.7 Å². The number of nitrogens with zero attached hydrogens (tertiary/aromatic N) is 1. The molecule has 6 nitrogen and oxygen atoms in total. The molecule has 1 aliphatic heterocycles. The molecular weight excluding hydrogens is 428 g/mol. The zero-order chi connectivity index (χ0) is 22.5. The minimum absolute atomic E-state index is 0.148. The van der Waals surface area contributed by atoms with Crippen LogP contribution in [0.2, 0.25) is 5.02 Å². The van der Waals surface area contributed by atoms with E-state index in [1.807, 2.05) is 37.3 Å². The Morgan fingerprint density at radius 2 is 1.66 bits per heavy atom. The Morgan fingerprint density at radius 1 is 0.969 bits per heavy atom. The molecular formula is C25H23ClN2O4. The Balaban J connectivity index is 1.61. The fraction of sp³-hybridized carbons (Fsp3) is 0.200. The van der Waals surface area contributed by atoms with Crippen molar-refractivity contribution in [3.05, 3.63) is 88.3 Å². The Morgan fingerprint density at radius 3 is 2.34 bits per heavy atom. The van der Waals surface area contributed by atoms with Gasteiger partial charge in [0.05, 0.1) is 13.2 Å². The number of benzene rings is 2. The van der Waals surface area contributed by atoms with Crippen LogP contribution in [0.4, 0.5) is 0 Å². The molecule has 3 aromatic rings. The van der Waals surface area contributed by atoms with Gasteiger partial charge in [0.15, 0.2) is 0 Å². The quantitative estimate of drug-likeness (QED) is 0.579. The van der Waals surface area contributed by atoms with E-state index in [1.54, 1.807) is 41.3 Å². The van der Waals surface area contributed by atoms with Gasteiger partial charge in [0.2, 0.25) is 0 Å². The summed E-state index contributed by atoms with van der Waals surface area (Å²) in [7, 11) is 0. The van der Waals surface area contributed by atoms with Gasteiger partial charge < -0.3 is 19.4 Å². The summed E-state index contributed by atoms with van der Waals surface area (Å²) in [5.74, 6) is 0.451. The highest BCUT2D eigenvalue weighted by Gasteiger charge is 2.23. The van der Waals surface area contributed by atoms with Gasteiger partial charge in [0.1, 0.15) is 17.2 Å². The summed E-state index contributed by atoms with van der Waals surface area (Å²) >= 11 is 5.96. The third-order valence-corrected chi connectivity index (χ3v) is 5.38. The summed E-state index contributed by atoms with van der Waals surface area (Å²) < 4.78 is 11.3. The topological polar surface area (TPSA) is 71.8 Å². The Labute approximate surface area is 191 Å². The van der Waals surface area contributed by atoms with Crippen LogP contribution in [0, 0.1) is 6.92 Å². The van der Waals surface area contributed by atoms with Crippen LogP contribution < -0.4 is 5.32 Å². The predicted octanol–water partition coefficient (Wildman–Crippen LogP) is 4.54. The molecule has 1 aromatic heterocycles. The molecule has 0 saturated carbocycles. The molecule has 0 aliphatic carbocycles. The van der Waals surface area contributed by atoms with Crippen LogP contribution in [0.3, 0.4) is 0 Å². The second-order valence-corrected chi connectivity index (χ2v) is 7.93. The second-order valence-electron chi connectivity index (χ2n) is 7.49. The van der Waals surface area contributed by atoms with Crippen molar-refractivity contribution in [1.82, 2.24) is 10.2 Å². The third-order valence-electron chi connectivity index (χ3n) is 5.13. The zero-order valence-corrected chi connectivity index (χ0v) is 18.4. The van der Waals surface area contributed by atoms with Crippen LogP contribution in [0.15, 0.2) is 70.8 Å². The summed E-state index contributed by atoms with van der Waals surface area (Å²) in [4.78, 5) is 27.6. The fourth-order valence-electron chi connectivity index (χ4n) is 3.33. The largest absolute Gasteiger partial charge is 0.457 e. The second kappa shape index (κ2) is 9.85. The van der Waals surface area contributed by atoms with Gasteiger partial charge in [-0.25, -0.2) is 0 Å². The van der Waals surface area contributed by atoms with Gasteiger partial charge in [-0.3, -0.25) is 9.59 Å². The molecule has 0 unspecified atom stereocenters. The van der Waals surface area contributed by atoms with Crippen molar-refractivity contribution in [2.24, 2.45) is 0 Å². The van der Waals surface area contributed by atoms with Gasteiger partial charge >= 0.3 is 0 Å². The van der Waals surface area contributed by atoms with Crippen LogP contribution in [0.1, 0.15) is 21.7 Å². The normalized spacial score (nSPS) is 14.3. The molecule has 4 rings (SSSR count). The third kappa shape index (κ3) is 5.28. The SMILES string of the molecule is Cc1ccc(C(=O)NC(=Cc2ccc(-c3ccc(Cl)cc3)o2)C(=O)N2CCOCC2)cc1. The first kappa shape index (κ1) is 21.9. The zero-order valence-electron chi connectivity index (χ0n) is 17.6. The van der Waals surface area contributed by atoms with Crippen LogP contribution in [0.25, 0.3) is 17.4 Å². The van der Waals surface area contributed by atoms with E-state index in [2.05, 4.69) is 5.32 Å². The van der Waals surface area contributed by atoms with Crippen LogP contribution in [-0.4, -0.2) is 43.0 Å². The fourth-order valence-corrected chi connectivity index (χ4v) is 3.46. The number of rotatable bonds is 5. The molecule has 0 atom stereocenters. The minimum Gasteiger partial charge on any atom is -0.457 e. The van der Waals surface area contributed by atoms with Gasteiger partial charge in [-0.1, -0.05) is 29.3 Å². The molecule has 164 valence electrons. The van der Waals surface area contributed by atoms with E-state index in [9.17, 15) is 9.59 Å². The molecule has 2 amide bonds. The lowest BCUT2D eigenvalue weighted by atomic mass is 10.1. The maximum Gasteiger partial charge on any atom is 0.270 e. The number of ether oxygens (including phenoxy) is 1. The minimum atomic E-state index is -0.359. The molecule has 2 heterocycles. The highest BCUT2D eigenvalue weighted by atomic mass is 35.5. The molecule has 1 fully saturated rings. The highest BCUT2D eigenvalue weighted by molar-refractivity contribution is 6.30. The lowest BCUT2D eigenvalue weighted by molar-refractivity contribution is -0.131. The van der Waals surface area contributed by atoms with E-state index < -0.39 is 0 Å². The van der Waals surface area contributed by atoms with Crippen molar-refractivity contribution >= 4 is 29.5 Å². The molecule has 1 saturated heterocycles. The van der Waals surface area contributed by atoms with E-state index in [1.165, 1.54) is 0 Å². The van der Waals surface area contributed by atoms with E-state index >= 15 is 0 Å². The highest BCUT2D eigenvalue weighted by Crippen LogP contribution is 2.25. The first-order valence-electron chi connectivity index (χ1n) is 10.3. The summed E-state index contributed by atoms with van der Waals surface area (Å²) in [6.07, 6.45) is 1.56. The molecule has 7 heteroatoms. The number of halogens is 1. The Hall–Kier alpha value is -3.35. The van der Waals surface area contributed by atoms with Gasteiger partial charge in [0, 0.05) is 35.3 Å². The van der Waals surface area contributed by atoms with E-state index in [4.69, 9.17) is 20.8 Å². The van der Waals surface area contributed by atoms with E-state index in [-0.39, 0.29) is 17.5 Å². The molecule has 32 heavy (non-hydrogen) atoms. The van der Waals surface area contributed by atoms with Crippen LogP contribution in [0.5, 0.6) is 0 Å². The first-order valence-corrected chi connectivity index (χ1v) is 10.7. The summed E-state index contributed by atoms with van der Waals surface area (Å²) in [6.45, 7) is 3.80. The number of amides is 2. The van der Waals surface area contributed by atoms with Crippen molar-refractivity contribution in [3.63, 3.8) is 0 Å². The monoisotopic (exact) mass is 450 g/mol. The van der Waals surface area contributed by atoms with Crippen molar-refractivity contribution in [1.29, 1.82) is 0 Å². The van der Waals surface area contributed by atoms with Gasteiger partial charge in [-0.15, -0.1) is 0 Å². The smallest absolute Gasteiger partial charge is 0.270 e. The lowest BCUT2D eigenvalue weighted by Crippen LogP contribution is -2.44. The van der Waals surface area contributed by atoms with Gasteiger partial charge in [-0.05, 0) is 55.5 Å². The summed E-state index contributed by atoms with van der Waals surface area (Å²) in [6, 6.07) is 18.0. The van der Waals surface area contributed by atoms with Crippen molar-refractivity contribution in [3.8, 4) is 11.3 Å². The number of hydrogen-bond donors (Lipinski definition) is 1. The molecule has 1 N–H and O–H groups in total. The number of aryl methyl sites for hydroxylation is 1. The number of carbonyl (C=O) groups excluding carboxylic acids is 2. The number of morpholine rings is 1. The number of furan rings is 1. The maximum absolute atomic E-state index is 13.2. The summed E-state index contributed by atoms with van der Waals surface area (Å²) in [5, 5.41) is 3.40. The predicted molar refractivity (Wildman–Crippen MR) is 123 cm³/mol. The van der Waals surface area contributed by atoms with Crippen molar-refractivity contribution in [2.45, 2.75) is 6.92 Å².